The zero-order chi connectivity index (χ0) is 19.8. The smallest absolute Gasteiger partial charge is 0.305 e. The molecule has 0 aliphatic heterocycles. The summed E-state index contributed by atoms with van der Waals surface area (Å²) >= 11 is 0. The number of ether oxygens (including phenoxy) is 1. The number of aromatic hydroxyl groups is 2. The number of carbonyl (C=O) groups excluding carboxylic acids is 2. The Hall–Kier alpha value is -2.34. The Morgan fingerprint density at radius 2 is 1.85 bits per heavy atom. The average Bonchev–Trinajstić information content (AvgIpc) is 2.91. The number of rotatable bonds is 10. The van der Waals surface area contributed by atoms with Crippen LogP contribution in [0.2, 0.25) is 0 Å². The van der Waals surface area contributed by atoms with E-state index < -0.39 is 6.10 Å². The summed E-state index contributed by atoms with van der Waals surface area (Å²) in [6.07, 6.45) is 4.72. The molecular formula is C21H28O6. The normalized spacial score (nSPS) is 16.8. The number of ketones is 1. The Bertz CT molecular complexity index is 707. The molecule has 1 atom stereocenters. The fourth-order valence-corrected chi connectivity index (χ4v) is 3.50. The van der Waals surface area contributed by atoms with E-state index in [4.69, 9.17) is 0 Å². The van der Waals surface area contributed by atoms with Crippen LogP contribution < -0.4 is 0 Å². The van der Waals surface area contributed by atoms with E-state index in [2.05, 4.69) is 4.74 Å². The standard InChI is InChI=1S/C21H28O6/c1-27-20(25)10-5-3-2-4-8-15-16(19(24)13-18(15)23)12-11-14-7-6-9-17(22)21(14)26/h6-7,9,19,22,24,26H,2-5,8,10-13H2,1H3. The van der Waals surface area contributed by atoms with Crippen molar-refractivity contribution in [2.45, 2.75) is 63.9 Å². The number of carbonyl (C=O) groups is 2. The Labute approximate surface area is 159 Å². The highest BCUT2D eigenvalue weighted by Gasteiger charge is 2.29. The molecule has 0 spiro atoms. The topological polar surface area (TPSA) is 104 Å². The van der Waals surface area contributed by atoms with E-state index >= 15 is 0 Å². The first-order chi connectivity index (χ1) is 12.9. The highest BCUT2D eigenvalue weighted by Crippen LogP contribution is 2.34. The van der Waals surface area contributed by atoms with Crippen molar-refractivity contribution in [2.24, 2.45) is 0 Å². The quantitative estimate of drug-likeness (QED) is 0.329. The summed E-state index contributed by atoms with van der Waals surface area (Å²) in [6.45, 7) is 0. The monoisotopic (exact) mass is 376 g/mol. The summed E-state index contributed by atoms with van der Waals surface area (Å²) in [4.78, 5) is 23.3. The second-order valence-corrected chi connectivity index (χ2v) is 6.92. The second-order valence-electron chi connectivity index (χ2n) is 6.92. The molecule has 148 valence electrons. The largest absolute Gasteiger partial charge is 0.504 e. The molecule has 1 aromatic carbocycles. The van der Waals surface area contributed by atoms with Gasteiger partial charge in [0.1, 0.15) is 0 Å². The van der Waals surface area contributed by atoms with E-state index in [1.807, 2.05) is 0 Å². The third-order valence-corrected chi connectivity index (χ3v) is 5.05. The number of hydrogen-bond donors (Lipinski definition) is 3. The molecule has 1 aliphatic carbocycles. The van der Waals surface area contributed by atoms with Crippen molar-refractivity contribution in [3.05, 3.63) is 34.9 Å². The van der Waals surface area contributed by atoms with Gasteiger partial charge in [-0.1, -0.05) is 25.0 Å². The highest BCUT2D eigenvalue weighted by atomic mass is 16.5. The number of phenols is 2. The number of benzene rings is 1. The summed E-state index contributed by atoms with van der Waals surface area (Å²) in [7, 11) is 1.38. The minimum atomic E-state index is -0.758. The van der Waals surface area contributed by atoms with Crippen LogP contribution in [0.25, 0.3) is 0 Å². The van der Waals surface area contributed by atoms with E-state index in [1.54, 1.807) is 12.1 Å². The molecule has 0 saturated heterocycles. The van der Waals surface area contributed by atoms with E-state index in [0.29, 0.717) is 36.8 Å². The number of esters is 1. The first-order valence-electron chi connectivity index (χ1n) is 9.43. The minimum absolute atomic E-state index is 0.00723. The number of hydrogen-bond acceptors (Lipinski definition) is 6. The molecule has 1 aromatic rings. The summed E-state index contributed by atoms with van der Waals surface area (Å²) in [6, 6.07) is 4.79. The molecule has 3 N–H and O–H groups in total. The molecule has 0 aromatic heterocycles. The zero-order valence-electron chi connectivity index (χ0n) is 15.7. The SMILES string of the molecule is COC(=O)CCCCCCC1=C(CCc2cccc(O)c2O)C(O)CC1=O. The number of aliphatic hydroxyl groups excluding tert-OH is 1. The van der Waals surface area contributed by atoms with Crippen molar-refractivity contribution < 1.29 is 29.6 Å². The fourth-order valence-electron chi connectivity index (χ4n) is 3.50. The zero-order valence-corrected chi connectivity index (χ0v) is 15.7. The number of unbranched alkanes of at least 4 members (excludes halogenated alkanes) is 3. The van der Waals surface area contributed by atoms with Crippen LogP contribution in [0.4, 0.5) is 0 Å². The Morgan fingerprint density at radius 3 is 2.59 bits per heavy atom. The lowest BCUT2D eigenvalue weighted by molar-refractivity contribution is -0.140. The molecule has 0 radical (unpaired) electrons. The van der Waals surface area contributed by atoms with Gasteiger partial charge in [-0.15, -0.1) is 0 Å². The number of methoxy groups -OCH3 is 1. The molecule has 0 fully saturated rings. The van der Waals surface area contributed by atoms with Crippen LogP contribution in [0.1, 0.15) is 56.9 Å². The molecule has 0 saturated carbocycles. The first-order valence-corrected chi connectivity index (χ1v) is 9.43. The maximum Gasteiger partial charge on any atom is 0.305 e. The molecule has 0 amide bonds. The van der Waals surface area contributed by atoms with Crippen LogP contribution in [-0.4, -0.2) is 40.3 Å². The molecule has 2 rings (SSSR count). The predicted molar refractivity (Wildman–Crippen MR) is 100 cm³/mol. The maximum absolute atomic E-state index is 12.2. The molecule has 1 unspecified atom stereocenters. The van der Waals surface area contributed by atoms with Gasteiger partial charge in [-0.05, 0) is 54.9 Å². The van der Waals surface area contributed by atoms with Gasteiger partial charge >= 0.3 is 5.97 Å². The van der Waals surface area contributed by atoms with Gasteiger partial charge in [0, 0.05) is 12.8 Å². The van der Waals surface area contributed by atoms with Crippen molar-refractivity contribution in [3.8, 4) is 11.5 Å². The van der Waals surface area contributed by atoms with Crippen molar-refractivity contribution >= 4 is 11.8 Å². The molecule has 0 heterocycles. The van der Waals surface area contributed by atoms with Gasteiger partial charge < -0.3 is 20.1 Å². The summed E-state index contributed by atoms with van der Waals surface area (Å²) < 4.78 is 4.60. The van der Waals surface area contributed by atoms with E-state index in [1.165, 1.54) is 13.2 Å². The van der Waals surface area contributed by atoms with E-state index in [0.717, 1.165) is 31.3 Å². The van der Waals surface area contributed by atoms with Crippen molar-refractivity contribution in [1.82, 2.24) is 0 Å². The van der Waals surface area contributed by atoms with Crippen LogP contribution in [0.15, 0.2) is 29.3 Å². The summed E-state index contributed by atoms with van der Waals surface area (Å²) in [5.74, 6) is -0.530. The second kappa shape index (κ2) is 10.1. The van der Waals surface area contributed by atoms with Crippen molar-refractivity contribution in [1.29, 1.82) is 0 Å². The Balaban J connectivity index is 1.89. The van der Waals surface area contributed by atoms with Gasteiger partial charge in [0.2, 0.25) is 0 Å². The number of Topliss-reactive ketones (excluding diaryl/α,β-unsaturated/α-hetero) is 1. The first kappa shape index (κ1) is 21.0. The lowest BCUT2D eigenvalue weighted by Crippen LogP contribution is -2.07. The summed E-state index contributed by atoms with van der Waals surface area (Å²) in [5, 5.41) is 29.7. The highest BCUT2D eigenvalue weighted by molar-refractivity contribution is 5.99. The van der Waals surface area contributed by atoms with Crippen LogP contribution in [0, 0.1) is 0 Å². The van der Waals surface area contributed by atoms with Crippen LogP contribution >= 0.6 is 0 Å². The van der Waals surface area contributed by atoms with Gasteiger partial charge in [0.25, 0.3) is 0 Å². The van der Waals surface area contributed by atoms with Gasteiger partial charge in [0.15, 0.2) is 17.3 Å². The lowest BCUT2D eigenvalue weighted by atomic mass is 9.96. The molecular weight excluding hydrogens is 348 g/mol. The van der Waals surface area contributed by atoms with Crippen LogP contribution in [0.5, 0.6) is 11.5 Å². The fraction of sp³-hybridized carbons (Fsp3) is 0.524. The third-order valence-electron chi connectivity index (χ3n) is 5.05. The number of para-hydroxylation sites is 1. The van der Waals surface area contributed by atoms with Gasteiger partial charge in [-0.3, -0.25) is 9.59 Å². The minimum Gasteiger partial charge on any atom is -0.504 e. The molecule has 6 nitrogen and oxygen atoms in total. The van der Waals surface area contributed by atoms with Gasteiger partial charge in [-0.2, -0.15) is 0 Å². The summed E-state index contributed by atoms with van der Waals surface area (Å²) in [5.41, 5.74) is 2.05. The number of allylic oxidation sites excluding steroid dienone is 1. The Kier molecular flexibility index (Phi) is 7.85. The van der Waals surface area contributed by atoms with Gasteiger partial charge in [-0.25, -0.2) is 0 Å². The molecule has 1 aliphatic rings. The lowest BCUT2D eigenvalue weighted by Gasteiger charge is -2.11. The number of aliphatic hydroxyl groups is 1. The average molecular weight is 376 g/mol. The number of phenolic OH excluding ortho intramolecular Hbond substituents is 2. The molecule has 6 heteroatoms. The van der Waals surface area contributed by atoms with Crippen LogP contribution in [0.3, 0.4) is 0 Å². The third kappa shape index (κ3) is 5.82. The Morgan fingerprint density at radius 1 is 1.11 bits per heavy atom. The predicted octanol–water partition coefficient (Wildman–Crippen LogP) is 3.17. The number of aryl methyl sites for hydroxylation is 1. The van der Waals surface area contributed by atoms with E-state index in [-0.39, 0.29) is 29.7 Å². The van der Waals surface area contributed by atoms with E-state index in [9.17, 15) is 24.9 Å². The van der Waals surface area contributed by atoms with Gasteiger partial charge in [0.05, 0.1) is 13.2 Å². The maximum atomic E-state index is 12.2. The van der Waals surface area contributed by atoms with Crippen molar-refractivity contribution in [3.63, 3.8) is 0 Å². The molecule has 0 bridgehead atoms. The van der Waals surface area contributed by atoms with Crippen molar-refractivity contribution in [2.75, 3.05) is 7.11 Å². The van der Waals surface area contributed by atoms with Crippen LogP contribution in [-0.2, 0) is 20.7 Å². The molecule has 27 heavy (non-hydrogen) atoms.